The first-order chi connectivity index (χ1) is 15.2. The predicted octanol–water partition coefficient (Wildman–Crippen LogP) is 4.37. The van der Waals surface area contributed by atoms with Crippen molar-refractivity contribution in [1.82, 2.24) is 9.80 Å². The number of benzene rings is 2. The minimum Gasteiger partial charge on any atom is -0.406 e. The molecule has 169 valence electrons. The molecule has 2 aliphatic rings. The summed E-state index contributed by atoms with van der Waals surface area (Å²) >= 11 is 0. The van der Waals surface area contributed by atoms with Gasteiger partial charge < -0.3 is 14.5 Å². The molecule has 2 aromatic carbocycles. The number of amides is 2. The number of likely N-dealkylation sites (tertiary alicyclic amines) is 1. The van der Waals surface area contributed by atoms with Crippen LogP contribution >= 0.6 is 0 Å². The maximum Gasteiger partial charge on any atom is 0.573 e. The van der Waals surface area contributed by atoms with E-state index in [-0.39, 0.29) is 11.7 Å². The highest BCUT2D eigenvalue weighted by atomic mass is 19.4. The Hall–Kier alpha value is -3.03. The van der Waals surface area contributed by atoms with Crippen LogP contribution in [0, 0.1) is 12.8 Å². The molecular formula is C24H24F3N2O3. The molecule has 0 bridgehead atoms. The van der Waals surface area contributed by atoms with Gasteiger partial charge in [0.25, 0.3) is 5.91 Å². The number of halogens is 3. The van der Waals surface area contributed by atoms with Crippen molar-refractivity contribution >= 4 is 12.3 Å². The zero-order valence-corrected chi connectivity index (χ0v) is 17.7. The van der Waals surface area contributed by atoms with Crippen LogP contribution in [-0.2, 0) is 24.3 Å². The van der Waals surface area contributed by atoms with Crippen LogP contribution in [0.1, 0.15) is 45.5 Å². The Morgan fingerprint density at radius 2 is 1.78 bits per heavy atom. The lowest BCUT2D eigenvalue weighted by atomic mass is 9.88. The smallest absolute Gasteiger partial charge is 0.406 e. The monoisotopic (exact) mass is 445 g/mol. The fourth-order valence-electron chi connectivity index (χ4n) is 4.63. The Morgan fingerprint density at radius 1 is 1.09 bits per heavy atom. The van der Waals surface area contributed by atoms with Gasteiger partial charge in [-0.25, -0.2) is 0 Å². The fourth-order valence-corrected chi connectivity index (χ4v) is 4.63. The minimum absolute atomic E-state index is 0.0607. The molecule has 5 nitrogen and oxygen atoms in total. The summed E-state index contributed by atoms with van der Waals surface area (Å²) in [5.41, 5.74) is 4.57. The molecule has 0 unspecified atom stereocenters. The molecule has 1 fully saturated rings. The van der Waals surface area contributed by atoms with Crippen molar-refractivity contribution in [3.8, 4) is 5.75 Å². The van der Waals surface area contributed by atoms with E-state index < -0.39 is 6.36 Å². The first-order valence-corrected chi connectivity index (χ1v) is 10.6. The van der Waals surface area contributed by atoms with Crippen LogP contribution in [0.15, 0.2) is 36.4 Å². The summed E-state index contributed by atoms with van der Waals surface area (Å²) in [4.78, 5) is 27.1. The van der Waals surface area contributed by atoms with E-state index >= 15 is 0 Å². The minimum atomic E-state index is -4.73. The van der Waals surface area contributed by atoms with E-state index in [1.54, 1.807) is 21.9 Å². The number of aryl methyl sites for hydroxylation is 1. The zero-order chi connectivity index (χ0) is 22.9. The quantitative estimate of drug-likeness (QED) is 0.664. The highest BCUT2D eigenvalue weighted by Crippen LogP contribution is 2.31. The van der Waals surface area contributed by atoms with E-state index in [9.17, 15) is 22.8 Å². The summed E-state index contributed by atoms with van der Waals surface area (Å²) in [6.07, 6.45) is 0.0386. The summed E-state index contributed by atoms with van der Waals surface area (Å²) in [6, 6.07) is 9.76. The van der Waals surface area contributed by atoms with Crippen LogP contribution in [0.25, 0.3) is 0 Å². The Balaban J connectivity index is 1.42. The standard InChI is InChI=1S/C24H24F3N2O3/c1-16-10-19(11-17-6-8-28(15-30)9-7-17)12-20-14-29(23(31)22(16)20)13-18-2-4-21(5-3-18)32-24(25,26)27/h2-5,10,12,17H,6-9,11,13-14H2,1H3. The van der Waals surface area contributed by atoms with E-state index in [4.69, 9.17) is 0 Å². The molecule has 2 aromatic rings. The maximum atomic E-state index is 13.0. The second-order valence-corrected chi connectivity index (χ2v) is 8.53. The Morgan fingerprint density at radius 3 is 2.41 bits per heavy atom. The lowest BCUT2D eigenvalue weighted by molar-refractivity contribution is -0.274. The zero-order valence-electron chi connectivity index (χ0n) is 17.7. The highest BCUT2D eigenvalue weighted by molar-refractivity contribution is 5.99. The van der Waals surface area contributed by atoms with Crippen LogP contribution in [0.3, 0.4) is 0 Å². The van der Waals surface area contributed by atoms with Crippen molar-refractivity contribution in [1.29, 1.82) is 0 Å². The van der Waals surface area contributed by atoms with Crippen LogP contribution in [0.2, 0.25) is 0 Å². The van der Waals surface area contributed by atoms with Crippen molar-refractivity contribution in [2.24, 2.45) is 5.92 Å². The molecule has 2 aliphatic heterocycles. The number of carbonyl (C=O) groups is 1. The third kappa shape index (κ3) is 5.06. The Kier molecular flexibility index (Phi) is 6.13. The molecule has 8 heteroatoms. The third-order valence-electron chi connectivity index (χ3n) is 6.14. The fraction of sp³-hybridized carbons (Fsp3) is 0.417. The molecular weight excluding hydrogens is 421 g/mol. The third-order valence-corrected chi connectivity index (χ3v) is 6.14. The second kappa shape index (κ2) is 8.84. The molecule has 0 aromatic heterocycles. The Bertz CT molecular complexity index is 997. The van der Waals surface area contributed by atoms with E-state index in [2.05, 4.69) is 16.9 Å². The predicted molar refractivity (Wildman–Crippen MR) is 112 cm³/mol. The molecule has 0 spiro atoms. The molecule has 2 heterocycles. The van der Waals surface area contributed by atoms with Crippen molar-refractivity contribution in [3.63, 3.8) is 0 Å². The van der Waals surface area contributed by atoms with Gasteiger partial charge >= 0.3 is 12.8 Å². The molecule has 1 radical (unpaired) electrons. The summed E-state index contributed by atoms with van der Waals surface area (Å²) in [6.45, 7) is 4.20. The number of fused-ring (bicyclic) bond motifs is 1. The SMILES string of the molecule is Cc1cc(CC2CCN([C]=O)CC2)cc2c1C(=O)N(Cc1ccc(OC(F)(F)F)cc1)C2. The topological polar surface area (TPSA) is 49.9 Å². The van der Waals surface area contributed by atoms with Gasteiger partial charge in [-0.1, -0.05) is 24.3 Å². The maximum absolute atomic E-state index is 13.0. The van der Waals surface area contributed by atoms with Crippen molar-refractivity contribution in [2.75, 3.05) is 13.1 Å². The number of piperidine rings is 1. The molecule has 0 aliphatic carbocycles. The van der Waals surface area contributed by atoms with Gasteiger partial charge in [0.1, 0.15) is 5.75 Å². The van der Waals surface area contributed by atoms with E-state index in [1.807, 2.05) is 13.3 Å². The van der Waals surface area contributed by atoms with Crippen molar-refractivity contribution in [2.45, 2.75) is 45.6 Å². The first-order valence-electron chi connectivity index (χ1n) is 10.6. The molecule has 2 amide bonds. The molecule has 32 heavy (non-hydrogen) atoms. The first kappa shape index (κ1) is 22.2. The average molecular weight is 445 g/mol. The number of ether oxygens (including phenoxy) is 1. The summed E-state index contributed by atoms with van der Waals surface area (Å²) in [5.74, 6) is 0.159. The van der Waals surface area contributed by atoms with Gasteiger partial charge in [-0.3, -0.25) is 9.59 Å². The van der Waals surface area contributed by atoms with Gasteiger partial charge in [-0.2, -0.15) is 0 Å². The van der Waals surface area contributed by atoms with E-state index in [1.165, 1.54) is 17.7 Å². The Labute approximate surface area is 184 Å². The number of rotatable bonds is 6. The van der Waals surface area contributed by atoms with Gasteiger partial charge in [0.15, 0.2) is 0 Å². The molecule has 0 N–H and O–H groups in total. The van der Waals surface area contributed by atoms with Crippen LogP contribution in [-0.4, -0.2) is 41.6 Å². The molecule has 1 saturated heterocycles. The van der Waals surface area contributed by atoms with Crippen LogP contribution in [0.5, 0.6) is 5.75 Å². The summed E-state index contributed by atoms with van der Waals surface area (Å²) in [7, 11) is 0. The van der Waals surface area contributed by atoms with Crippen LogP contribution in [0.4, 0.5) is 13.2 Å². The number of nitrogens with zero attached hydrogens (tertiary/aromatic N) is 2. The van der Waals surface area contributed by atoms with Crippen molar-refractivity contribution < 1.29 is 27.5 Å². The summed E-state index contributed by atoms with van der Waals surface area (Å²) < 4.78 is 40.9. The lowest BCUT2D eigenvalue weighted by Crippen LogP contribution is -2.33. The molecule has 0 saturated carbocycles. The van der Waals surface area contributed by atoms with E-state index in [0.29, 0.717) is 19.0 Å². The lowest BCUT2D eigenvalue weighted by Gasteiger charge is -2.28. The van der Waals surface area contributed by atoms with Gasteiger partial charge in [0.05, 0.1) is 0 Å². The van der Waals surface area contributed by atoms with E-state index in [0.717, 1.165) is 54.6 Å². The van der Waals surface area contributed by atoms with Gasteiger partial charge in [-0.05, 0) is 66.5 Å². The summed E-state index contributed by atoms with van der Waals surface area (Å²) in [5, 5.41) is 0. The van der Waals surface area contributed by atoms with Gasteiger partial charge in [0, 0.05) is 31.7 Å². The number of carbonyl (C=O) groups excluding carboxylic acids is 2. The van der Waals surface area contributed by atoms with Gasteiger partial charge in [0.2, 0.25) is 0 Å². The highest BCUT2D eigenvalue weighted by Gasteiger charge is 2.32. The molecule has 0 atom stereocenters. The van der Waals surface area contributed by atoms with Crippen LogP contribution < -0.4 is 4.74 Å². The number of hydrogen-bond acceptors (Lipinski definition) is 3. The van der Waals surface area contributed by atoms with Crippen molar-refractivity contribution in [3.05, 3.63) is 64.2 Å². The molecule has 4 rings (SSSR count). The largest absolute Gasteiger partial charge is 0.573 e. The second-order valence-electron chi connectivity index (χ2n) is 8.53. The van der Waals surface area contributed by atoms with Gasteiger partial charge in [-0.15, -0.1) is 13.2 Å². The normalized spacial score (nSPS) is 16.9. The average Bonchev–Trinajstić information content (AvgIpc) is 3.04. The number of alkyl halides is 3. The number of hydrogen-bond donors (Lipinski definition) is 0.